The van der Waals surface area contributed by atoms with Crippen molar-refractivity contribution >= 4 is 17.6 Å². The largest absolute Gasteiger partial charge is 0.492 e. The minimum Gasteiger partial charge on any atom is -0.492 e. The van der Waals surface area contributed by atoms with Crippen LogP contribution in [0, 0.1) is 5.82 Å². The molecule has 0 saturated carbocycles. The first kappa shape index (κ1) is 20.6. The van der Waals surface area contributed by atoms with Crippen molar-refractivity contribution in [2.24, 2.45) is 0 Å². The van der Waals surface area contributed by atoms with Crippen LogP contribution in [-0.2, 0) is 22.4 Å². The monoisotopic (exact) mass is 423 g/mol. The van der Waals surface area contributed by atoms with E-state index < -0.39 is 18.5 Å². The highest BCUT2D eigenvalue weighted by Gasteiger charge is 2.28. The summed E-state index contributed by atoms with van der Waals surface area (Å²) in [5.74, 6) is -0.938. The third-order valence-electron chi connectivity index (χ3n) is 4.99. The molecule has 8 heteroatoms. The summed E-state index contributed by atoms with van der Waals surface area (Å²) in [5.41, 5.74) is 3.10. The fourth-order valence-electron chi connectivity index (χ4n) is 3.63. The number of amides is 1. The predicted molar refractivity (Wildman–Crippen MR) is 112 cm³/mol. The molecule has 1 aromatic heterocycles. The fourth-order valence-corrected chi connectivity index (χ4v) is 3.63. The summed E-state index contributed by atoms with van der Waals surface area (Å²) < 4.78 is 25.6. The van der Waals surface area contributed by atoms with Gasteiger partial charge in [-0.1, -0.05) is 12.1 Å². The van der Waals surface area contributed by atoms with Crippen LogP contribution in [0.15, 0.2) is 48.5 Å². The van der Waals surface area contributed by atoms with Crippen LogP contribution in [0.3, 0.4) is 0 Å². The Morgan fingerprint density at radius 1 is 1.13 bits per heavy atom. The SMILES string of the molecule is CCOc1ccccc1NC(=O)COC(=O)c1nn(-c2ccc(F)cc2)c2c1CCC2. The summed E-state index contributed by atoms with van der Waals surface area (Å²) in [5, 5.41) is 7.09. The summed E-state index contributed by atoms with van der Waals surface area (Å²) in [6.07, 6.45) is 2.36. The maximum absolute atomic E-state index is 13.3. The van der Waals surface area contributed by atoms with E-state index in [9.17, 15) is 14.0 Å². The number of para-hydroxylation sites is 2. The molecule has 2 aromatic carbocycles. The number of anilines is 1. The minimum atomic E-state index is -0.660. The Bertz CT molecular complexity index is 1110. The first-order valence-electron chi connectivity index (χ1n) is 10.1. The molecule has 0 saturated heterocycles. The van der Waals surface area contributed by atoms with E-state index >= 15 is 0 Å². The third kappa shape index (κ3) is 4.42. The van der Waals surface area contributed by atoms with Crippen molar-refractivity contribution in [3.8, 4) is 11.4 Å². The lowest BCUT2D eigenvalue weighted by Gasteiger charge is -2.11. The van der Waals surface area contributed by atoms with Crippen LogP contribution in [0.4, 0.5) is 10.1 Å². The van der Waals surface area contributed by atoms with Crippen LogP contribution in [-0.4, -0.2) is 34.9 Å². The van der Waals surface area contributed by atoms with Crippen LogP contribution in [0.2, 0.25) is 0 Å². The number of hydrogen-bond acceptors (Lipinski definition) is 5. The Labute approximate surface area is 178 Å². The van der Waals surface area contributed by atoms with Gasteiger partial charge in [0.25, 0.3) is 5.91 Å². The van der Waals surface area contributed by atoms with Crippen molar-refractivity contribution in [3.63, 3.8) is 0 Å². The highest BCUT2D eigenvalue weighted by Crippen LogP contribution is 2.28. The molecule has 1 N–H and O–H groups in total. The van der Waals surface area contributed by atoms with E-state index in [1.54, 1.807) is 41.1 Å². The second-order valence-corrected chi connectivity index (χ2v) is 7.07. The molecular formula is C23H22FN3O4. The molecule has 7 nitrogen and oxygen atoms in total. The molecule has 0 unspecified atom stereocenters. The molecule has 4 rings (SSSR count). The molecule has 0 fully saturated rings. The van der Waals surface area contributed by atoms with Gasteiger partial charge in [0.05, 0.1) is 18.0 Å². The van der Waals surface area contributed by atoms with Gasteiger partial charge in [-0.05, 0) is 62.6 Å². The summed E-state index contributed by atoms with van der Waals surface area (Å²) in [6.45, 7) is 1.87. The van der Waals surface area contributed by atoms with Gasteiger partial charge in [0, 0.05) is 11.3 Å². The molecule has 0 radical (unpaired) electrons. The zero-order chi connectivity index (χ0) is 21.8. The molecule has 0 aliphatic heterocycles. The van der Waals surface area contributed by atoms with E-state index in [1.807, 2.05) is 6.92 Å². The number of carbonyl (C=O) groups excluding carboxylic acids is 2. The number of rotatable bonds is 7. The first-order chi connectivity index (χ1) is 15.1. The van der Waals surface area contributed by atoms with Gasteiger partial charge in [-0.15, -0.1) is 0 Å². The summed E-state index contributed by atoms with van der Waals surface area (Å²) in [4.78, 5) is 25.0. The predicted octanol–water partition coefficient (Wildman–Crippen LogP) is 3.69. The van der Waals surface area contributed by atoms with Crippen molar-refractivity contribution < 1.29 is 23.5 Å². The van der Waals surface area contributed by atoms with E-state index in [4.69, 9.17) is 9.47 Å². The number of carbonyl (C=O) groups is 2. The summed E-state index contributed by atoms with van der Waals surface area (Å²) in [7, 11) is 0. The number of nitrogens with one attached hydrogen (secondary N) is 1. The van der Waals surface area contributed by atoms with Gasteiger partial charge in [-0.3, -0.25) is 4.79 Å². The maximum atomic E-state index is 13.3. The van der Waals surface area contributed by atoms with Crippen LogP contribution < -0.4 is 10.1 Å². The van der Waals surface area contributed by atoms with E-state index in [0.29, 0.717) is 30.2 Å². The molecule has 0 atom stereocenters. The molecule has 1 aliphatic carbocycles. The first-order valence-corrected chi connectivity index (χ1v) is 10.1. The normalized spacial score (nSPS) is 12.3. The fraction of sp³-hybridized carbons (Fsp3) is 0.261. The van der Waals surface area contributed by atoms with Crippen LogP contribution >= 0.6 is 0 Å². The quantitative estimate of drug-likeness (QED) is 0.586. The number of esters is 1. The Morgan fingerprint density at radius 2 is 1.90 bits per heavy atom. The lowest BCUT2D eigenvalue weighted by Crippen LogP contribution is -2.22. The Balaban J connectivity index is 1.45. The van der Waals surface area contributed by atoms with Crippen molar-refractivity contribution in [3.05, 3.63) is 71.3 Å². The molecule has 1 amide bonds. The molecule has 0 bridgehead atoms. The third-order valence-corrected chi connectivity index (χ3v) is 4.99. The minimum absolute atomic E-state index is 0.194. The molecular weight excluding hydrogens is 401 g/mol. The summed E-state index contributed by atoms with van der Waals surface area (Å²) >= 11 is 0. The van der Waals surface area contributed by atoms with E-state index in [1.165, 1.54) is 12.1 Å². The van der Waals surface area contributed by atoms with Crippen molar-refractivity contribution in [2.45, 2.75) is 26.2 Å². The Kier molecular flexibility index (Phi) is 5.97. The smallest absolute Gasteiger partial charge is 0.359 e. The van der Waals surface area contributed by atoms with E-state index in [2.05, 4.69) is 10.4 Å². The zero-order valence-electron chi connectivity index (χ0n) is 17.1. The van der Waals surface area contributed by atoms with Crippen LogP contribution in [0.5, 0.6) is 5.75 Å². The van der Waals surface area contributed by atoms with Crippen LogP contribution in [0.25, 0.3) is 5.69 Å². The van der Waals surface area contributed by atoms with Crippen LogP contribution in [0.1, 0.15) is 35.1 Å². The summed E-state index contributed by atoms with van der Waals surface area (Å²) in [6, 6.07) is 13.0. The highest BCUT2D eigenvalue weighted by atomic mass is 19.1. The second-order valence-electron chi connectivity index (χ2n) is 7.07. The van der Waals surface area contributed by atoms with Gasteiger partial charge >= 0.3 is 5.97 Å². The molecule has 1 aliphatic rings. The number of fused-ring (bicyclic) bond motifs is 1. The molecule has 0 spiro atoms. The van der Waals surface area contributed by atoms with Gasteiger partial charge < -0.3 is 14.8 Å². The number of aromatic nitrogens is 2. The molecule has 160 valence electrons. The Morgan fingerprint density at radius 3 is 2.68 bits per heavy atom. The topological polar surface area (TPSA) is 82.4 Å². The van der Waals surface area contributed by atoms with Gasteiger partial charge in [0.2, 0.25) is 0 Å². The molecule has 31 heavy (non-hydrogen) atoms. The van der Waals surface area contributed by atoms with E-state index in [-0.39, 0.29) is 11.5 Å². The standard InChI is InChI=1S/C23H22FN3O4/c1-2-30-20-9-4-3-7-18(20)25-21(28)14-31-23(29)22-17-6-5-8-19(17)27(26-22)16-12-10-15(24)11-13-16/h3-4,7,9-13H,2,5-6,8,14H2,1H3,(H,25,28). The second kappa shape index (κ2) is 8.99. The Hall–Kier alpha value is -3.68. The van der Waals surface area contributed by atoms with Crippen molar-refractivity contribution in [1.29, 1.82) is 0 Å². The number of nitrogens with zero attached hydrogens (tertiary/aromatic N) is 2. The maximum Gasteiger partial charge on any atom is 0.359 e. The average molecular weight is 423 g/mol. The van der Waals surface area contributed by atoms with Gasteiger partial charge in [0.15, 0.2) is 12.3 Å². The molecule has 3 aromatic rings. The highest BCUT2D eigenvalue weighted by molar-refractivity contribution is 5.96. The van der Waals surface area contributed by atoms with Gasteiger partial charge in [-0.25, -0.2) is 13.9 Å². The number of halogens is 1. The number of hydrogen-bond donors (Lipinski definition) is 1. The zero-order valence-corrected chi connectivity index (χ0v) is 17.1. The molecule has 1 heterocycles. The number of ether oxygens (including phenoxy) is 2. The van der Waals surface area contributed by atoms with Crippen molar-refractivity contribution in [1.82, 2.24) is 9.78 Å². The lowest BCUT2D eigenvalue weighted by molar-refractivity contribution is -0.119. The van der Waals surface area contributed by atoms with Gasteiger partial charge in [-0.2, -0.15) is 5.10 Å². The number of benzene rings is 2. The average Bonchev–Trinajstić information content (AvgIpc) is 3.37. The van der Waals surface area contributed by atoms with E-state index in [0.717, 1.165) is 24.1 Å². The van der Waals surface area contributed by atoms with Crippen molar-refractivity contribution in [2.75, 3.05) is 18.5 Å². The lowest BCUT2D eigenvalue weighted by atomic mass is 10.2. The van der Waals surface area contributed by atoms with Gasteiger partial charge in [0.1, 0.15) is 11.6 Å².